The highest BCUT2D eigenvalue weighted by atomic mass is 15.3. The third-order valence-electron chi connectivity index (χ3n) is 5.71. The summed E-state index contributed by atoms with van der Waals surface area (Å²) in [5.41, 5.74) is 8.33. The number of anilines is 2. The fraction of sp³-hybridized carbons (Fsp3) is 0.579. The van der Waals surface area contributed by atoms with E-state index < -0.39 is 0 Å². The van der Waals surface area contributed by atoms with Gasteiger partial charge >= 0.3 is 0 Å². The Kier molecular flexibility index (Phi) is 4.72. The van der Waals surface area contributed by atoms with E-state index in [1.54, 1.807) is 0 Å². The van der Waals surface area contributed by atoms with E-state index in [2.05, 4.69) is 49.8 Å². The number of fused-ring (bicyclic) bond motifs is 1. The molecule has 2 heterocycles. The third-order valence-corrected chi connectivity index (χ3v) is 5.71. The van der Waals surface area contributed by atoms with E-state index in [9.17, 15) is 0 Å². The molecular formula is C19H28N6. The number of nitrogens with one attached hydrogen (secondary N) is 2. The molecule has 4 N–H and O–H groups in total. The predicted octanol–water partition coefficient (Wildman–Crippen LogP) is 1.96. The zero-order valence-corrected chi connectivity index (χ0v) is 14.9. The molecule has 2 atom stereocenters. The molecule has 1 aromatic heterocycles. The minimum Gasteiger partial charge on any atom is -0.368 e. The summed E-state index contributed by atoms with van der Waals surface area (Å²) in [6, 6.07) is 3.15. The normalized spacial score (nSPS) is 26.1. The van der Waals surface area contributed by atoms with Crippen molar-refractivity contribution < 1.29 is 0 Å². The Balaban J connectivity index is 1.55. The second-order valence-electron chi connectivity index (χ2n) is 7.31. The Labute approximate surface area is 149 Å². The number of hydrogen-bond donors (Lipinski definition) is 3. The number of nitrogens with two attached hydrogens (primary N) is 1. The number of allylic oxidation sites excluding steroid dienone is 3. The van der Waals surface area contributed by atoms with Crippen LogP contribution in [0.3, 0.4) is 0 Å². The molecule has 134 valence electrons. The highest BCUT2D eigenvalue weighted by Gasteiger charge is 2.37. The Bertz CT molecular complexity index is 676. The molecule has 2 unspecified atom stereocenters. The number of aromatic nitrogens is 2. The number of nitrogen functional groups attached to an aromatic ring is 1. The molecule has 1 saturated carbocycles. The van der Waals surface area contributed by atoms with Crippen molar-refractivity contribution in [3.8, 4) is 0 Å². The van der Waals surface area contributed by atoms with E-state index in [1.165, 1.54) is 31.4 Å². The summed E-state index contributed by atoms with van der Waals surface area (Å²) in [7, 11) is 2.04. The standard InChI is InChI=1S/C19H28N6/c1-21-16-12-25(17-9-5-4-8-15(16)17)18-10-14(23-19(20)24-18)11-22-13-6-2-3-7-13/h4-5,9-10,13,15-16,21-22H,2-3,6-8,11-12H2,1H3,(H2,20,23,24). The second-order valence-corrected chi connectivity index (χ2v) is 7.31. The minimum absolute atomic E-state index is 0.358. The highest BCUT2D eigenvalue weighted by Crippen LogP contribution is 2.36. The van der Waals surface area contributed by atoms with Gasteiger partial charge in [-0.3, -0.25) is 0 Å². The van der Waals surface area contributed by atoms with Gasteiger partial charge in [0.25, 0.3) is 0 Å². The van der Waals surface area contributed by atoms with Crippen LogP contribution in [0.2, 0.25) is 0 Å². The molecule has 0 radical (unpaired) electrons. The highest BCUT2D eigenvalue weighted by molar-refractivity contribution is 5.54. The molecular weight excluding hydrogens is 312 g/mol. The van der Waals surface area contributed by atoms with Crippen LogP contribution in [0.1, 0.15) is 37.8 Å². The molecule has 0 spiro atoms. The topological polar surface area (TPSA) is 79.1 Å². The first-order chi connectivity index (χ1) is 12.2. The average molecular weight is 340 g/mol. The first-order valence-electron chi connectivity index (χ1n) is 9.43. The number of likely N-dealkylation sites (N-methyl/N-ethyl adjacent to an activating group) is 1. The van der Waals surface area contributed by atoms with Crippen molar-refractivity contribution >= 4 is 11.8 Å². The van der Waals surface area contributed by atoms with E-state index >= 15 is 0 Å². The van der Waals surface area contributed by atoms with Gasteiger partial charge in [-0.2, -0.15) is 4.98 Å². The van der Waals surface area contributed by atoms with Crippen LogP contribution < -0.4 is 21.3 Å². The van der Waals surface area contributed by atoms with Crippen LogP contribution in [0.4, 0.5) is 11.8 Å². The molecule has 0 bridgehead atoms. The van der Waals surface area contributed by atoms with Gasteiger partial charge in [0.15, 0.2) is 0 Å². The van der Waals surface area contributed by atoms with Gasteiger partial charge in [0.1, 0.15) is 5.82 Å². The van der Waals surface area contributed by atoms with Crippen LogP contribution in [-0.4, -0.2) is 35.6 Å². The monoisotopic (exact) mass is 340 g/mol. The lowest BCUT2D eigenvalue weighted by molar-refractivity contribution is 0.481. The van der Waals surface area contributed by atoms with E-state index in [1.807, 2.05) is 7.05 Å². The van der Waals surface area contributed by atoms with E-state index in [-0.39, 0.29) is 0 Å². The largest absolute Gasteiger partial charge is 0.368 e. The molecule has 2 aliphatic carbocycles. The molecule has 25 heavy (non-hydrogen) atoms. The molecule has 1 aliphatic heterocycles. The minimum atomic E-state index is 0.358. The summed E-state index contributed by atoms with van der Waals surface area (Å²) in [4.78, 5) is 11.3. The lowest BCUT2D eigenvalue weighted by Crippen LogP contribution is -2.33. The molecule has 4 rings (SSSR count). The van der Waals surface area contributed by atoms with E-state index in [0.717, 1.165) is 31.0 Å². The van der Waals surface area contributed by atoms with Gasteiger partial charge in [-0.25, -0.2) is 4.98 Å². The quantitative estimate of drug-likeness (QED) is 0.760. The molecule has 3 aliphatic rings. The summed E-state index contributed by atoms with van der Waals surface area (Å²) in [6.07, 6.45) is 12.9. The zero-order valence-electron chi connectivity index (χ0n) is 14.9. The zero-order chi connectivity index (χ0) is 17.2. The van der Waals surface area contributed by atoms with Gasteiger partial charge in [-0.15, -0.1) is 0 Å². The van der Waals surface area contributed by atoms with E-state index in [4.69, 9.17) is 5.73 Å². The van der Waals surface area contributed by atoms with Crippen LogP contribution in [0.25, 0.3) is 0 Å². The van der Waals surface area contributed by atoms with Gasteiger partial charge in [-0.05, 0) is 32.4 Å². The molecule has 1 saturated heterocycles. The van der Waals surface area contributed by atoms with Gasteiger partial charge in [-0.1, -0.05) is 25.0 Å². The molecule has 6 heteroatoms. The summed E-state index contributed by atoms with van der Waals surface area (Å²) in [6.45, 7) is 1.68. The van der Waals surface area contributed by atoms with Gasteiger partial charge in [0.2, 0.25) is 5.95 Å². The van der Waals surface area contributed by atoms with Gasteiger partial charge < -0.3 is 21.3 Å². The number of nitrogens with zero attached hydrogens (tertiary/aromatic N) is 3. The summed E-state index contributed by atoms with van der Waals surface area (Å²) in [5.74, 6) is 1.78. The first kappa shape index (κ1) is 16.5. The summed E-state index contributed by atoms with van der Waals surface area (Å²) in [5, 5.41) is 7.07. The van der Waals surface area contributed by atoms with Crippen molar-refractivity contribution in [2.45, 2.75) is 50.7 Å². The average Bonchev–Trinajstić information content (AvgIpc) is 3.27. The van der Waals surface area contributed by atoms with Crippen LogP contribution >= 0.6 is 0 Å². The fourth-order valence-corrected chi connectivity index (χ4v) is 4.36. The maximum absolute atomic E-state index is 6.02. The third kappa shape index (κ3) is 3.41. The Morgan fingerprint density at radius 3 is 2.92 bits per heavy atom. The van der Waals surface area contributed by atoms with Crippen LogP contribution in [0, 0.1) is 5.92 Å². The molecule has 0 amide bonds. The number of rotatable bonds is 5. The first-order valence-corrected chi connectivity index (χ1v) is 9.43. The van der Waals surface area contributed by atoms with Crippen LogP contribution in [-0.2, 0) is 6.54 Å². The summed E-state index contributed by atoms with van der Waals surface area (Å²) < 4.78 is 0. The molecule has 1 aromatic rings. The van der Waals surface area contributed by atoms with Crippen molar-refractivity contribution in [3.63, 3.8) is 0 Å². The smallest absolute Gasteiger partial charge is 0.222 e. The maximum Gasteiger partial charge on any atom is 0.222 e. The Morgan fingerprint density at radius 1 is 1.28 bits per heavy atom. The van der Waals surface area contributed by atoms with Crippen molar-refractivity contribution in [1.82, 2.24) is 20.6 Å². The maximum atomic E-state index is 6.02. The fourth-order valence-electron chi connectivity index (χ4n) is 4.36. The van der Waals surface area contributed by atoms with Crippen LogP contribution in [0.5, 0.6) is 0 Å². The lowest BCUT2D eigenvalue weighted by Gasteiger charge is -2.23. The van der Waals surface area contributed by atoms with Crippen molar-refractivity contribution in [2.24, 2.45) is 5.92 Å². The van der Waals surface area contributed by atoms with Gasteiger partial charge in [0.05, 0.1) is 5.69 Å². The number of hydrogen-bond acceptors (Lipinski definition) is 6. The van der Waals surface area contributed by atoms with E-state index in [0.29, 0.717) is 23.9 Å². The van der Waals surface area contributed by atoms with Crippen molar-refractivity contribution in [1.29, 1.82) is 0 Å². The lowest BCUT2D eigenvalue weighted by atomic mass is 9.93. The second kappa shape index (κ2) is 7.14. The van der Waals surface area contributed by atoms with Crippen molar-refractivity contribution in [3.05, 3.63) is 35.7 Å². The van der Waals surface area contributed by atoms with Crippen molar-refractivity contribution in [2.75, 3.05) is 24.2 Å². The van der Waals surface area contributed by atoms with Crippen LogP contribution in [0.15, 0.2) is 30.0 Å². The predicted molar refractivity (Wildman–Crippen MR) is 101 cm³/mol. The van der Waals surface area contributed by atoms with Gasteiger partial charge in [0, 0.05) is 42.9 Å². The Morgan fingerprint density at radius 2 is 2.12 bits per heavy atom. The molecule has 2 fully saturated rings. The summed E-state index contributed by atoms with van der Waals surface area (Å²) >= 11 is 0. The Hall–Kier alpha value is -1.92. The molecule has 6 nitrogen and oxygen atoms in total. The molecule has 0 aromatic carbocycles. The SMILES string of the molecule is CNC1CN(c2cc(CNC3CCCC3)nc(N)n2)C2=CC=CCC21.